The Balaban J connectivity index is 2.24. The van der Waals surface area contributed by atoms with E-state index in [2.05, 4.69) is 5.43 Å². The van der Waals surface area contributed by atoms with E-state index < -0.39 is 0 Å². The van der Waals surface area contributed by atoms with Crippen molar-refractivity contribution in [2.75, 3.05) is 7.11 Å². The van der Waals surface area contributed by atoms with Gasteiger partial charge in [0.1, 0.15) is 0 Å². The summed E-state index contributed by atoms with van der Waals surface area (Å²) in [5.41, 5.74) is 4.81. The molecule has 0 aliphatic carbocycles. The Bertz CT molecular complexity index is 578. The van der Waals surface area contributed by atoms with E-state index in [1.165, 1.54) is 0 Å². The van der Waals surface area contributed by atoms with Crippen LogP contribution in [0.4, 0.5) is 0 Å². The van der Waals surface area contributed by atoms with Crippen molar-refractivity contribution in [3.63, 3.8) is 0 Å². The van der Waals surface area contributed by atoms with Gasteiger partial charge >= 0.3 is 0 Å². The number of nitrogens with two attached hydrogens (primary N) is 1. The molecule has 0 spiro atoms. The molecule has 0 radical (unpaired) electrons. The number of hydrogen-bond acceptors (Lipinski definition) is 3. The van der Waals surface area contributed by atoms with Crippen molar-refractivity contribution >= 4 is 23.2 Å². The normalized spacial score (nSPS) is 13.9. The Morgan fingerprint density at radius 3 is 2.43 bits per heavy atom. The van der Waals surface area contributed by atoms with E-state index in [4.69, 9.17) is 33.8 Å². The number of hydrogen-bond donors (Lipinski definition) is 2. The van der Waals surface area contributed by atoms with E-state index in [1.807, 2.05) is 42.5 Å². The van der Waals surface area contributed by atoms with Crippen LogP contribution in [0.5, 0.6) is 0 Å². The molecule has 3 nitrogen and oxygen atoms in total. The fourth-order valence-electron chi connectivity index (χ4n) is 2.37. The van der Waals surface area contributed by atoms with Gasteiger partial charge in [0.25, 0.3) is 0 Å². The third-order valence-corrected chi connectivity index (χ3v) is 4.29. The minimum atomic E-state index is -0.175. The number of ether oxygens (including phenoxy) is 1. The number of halogens is 2. The minimum absolute atomic E-state index is 0.117. The predicted molar refractivity (Wildman–Crippen MR) is 87.5 cm³/mol. The van der Waals surface area contributed by atoms with Gasteiger partial charge in [-0.05, 0) is 23.6 Å². The highest BCUT2D eigenvalue weighted by Gasteiger charge is 2.23. The van der Waals surface area contributed by atoms with Crippen molar-refractivity contribution in [3.05, 3.63) is 69.7 Å². The van der Waals surface area contributed by atoms with Gasteiger partial charge in [0.15, 0.2) is 0 Å². The van der Waals surface area contributed by atoms with E-state index in [9.17, 15) is 0 Å². The van der Waals surface area contributed by atoms with Gasteiger partial charge in [0, 0.05) is 7.11 Å². The summed E-state index contributed by atoms with van der Waals surface area (Å²) in [7, 11) is 1.67. The van der Waals surface area contributed by atoms with Crippen LogP contribution in [0, 0.1) is 0 Å². The number of hydrazine groups is 1. The molecule has 0 saturated heterocycles. The maximum Gasteiger partial charge on any atom is 0.0990 e. The van der Waals surface area contributed by atoms with Gasteiger partial charge in [0.05, 0.1) is 22.2 Å². The number of methoxy groups -OCH3 is 1. The van der Waals surface area contributed by atoms with E-state index in [0.717, 1.165) is 11.1 Å². The Hall–Kier alpha value is -1.10. The smallest absolute Gasteiger partial charge is 0.0990 e. The molecule has 2 rings (SSSR count). The van der Waals surface area contributed by atoms with Crippen LogP contribution in [-0.2, 0) is 11.2 Å². The van der Waals surface area contributed by atoms with Gasteiger partial charge in [-0.1, -0.05) is 65.7 Å². The van der Waals surface area contributed by atoms with Crippen LogP contribution >= 0.6 is 23.2 Å². The second-order valence-corrected chi connectivity index (χ2v) is 5.54. The van der Waals surface area contributed by atoms with Gasteiger partial charge in [-0.25, -0.2) is 0 Å². The molecule has 0 bridgehead atoms. The van der Waals surface area contributed by atoms with Gasteiger partial charge in [-0.3, -0.25) is 11.3 Å². The maximum atomic E-state index is 6.25. The number of benzene rings is 2. The molecule has 2 aromatic carbocycles. The largest absolute Gasteiger partial charge is 0.375 e. The summed E-state index contributed by atoms with van der Waals surface area (Å²) >= 11 is 12.3. The molecule has 0 aliphatic heterocycles. The summed E-state index contributed by atoms with van der Waals surface area (Å²) in [6.45, 7) is 0. The van der Waals surface area contributed by atoms with Crippen LogP contribution in [-0.4, -0.2) is 13.2 Å². The molecule has 0 fully saturated rings. The highest BCUT2D eigenvalue weighted by Crippen LogP contribution is 2.29. The molecule has 5 heteroatoms. The zero-order valence-electron chi connectivity index (χ0n) is 11.7. The Morgan fingerprint density at radius 1 is 1.10 bits per heavy atom. The molecule has 0 aromatic heterocycles. The van der Waals surface area contributed by atoms with Crippen molar-refractivity contribution in [2.45, 2.75) is 18.6 Å². The fraction of sp³-hybridized carbons (Fsp3) is 0.250. The molecule has 21 heavy (non-hydrogen) atoms. The lowest BCUT2D eigenvalue weighted by Crippen LogP contribution is -2.42. The zero-order chi connectivity index (χ0) is 15.2. The van der Waals surface area contributed by atoms with E-state index in [1.54, 1.807) is 13.2 Å². The molecule has 3 N–H and O–H groups in total. The van der Waals surface area contributed by atoms with Crippen molar-refractivity contribution in [1.29, 1.82) is 0 Å². The molecule has 112 valence electrons. The van der Waals surface area contributed by atoms with Gasteiger partial charge in [-0.15, -0.1) is 0 Å². The summed E-state index contributed by atoms with van der Waals surface area (Å²) in [6, 6.07) is 15.4. The average Bonchev–Trinajstić information content (AvgIpc) is 2.52. The summed E-state index contributed by atoms with van der Waals surface area (Å²) in [6.07, 6.45) is 0.440. The average molecular weight is 325 g/mol. The molecular formula is C16H18Cl2N2O. The lowest BCUT2D eigenvalue weighted by atomic mass is 9.96. The van der Waals surface area contributed by atoms with Crippen LogP contribution in [0.2, 0.25) is 10.0 Å². The van der Waals surface area contributed by atoms with Gasteiger partial charge < -0.3 is 4.74 Å². The molecule has 0 aliphatic rings. The molecule has 2 unspecified atom stereocenters. The molecule has 2 aromatic rings. The predicted octanol–water partition coefficient (Wildman–Crippen LogP) is 3.76. The Kier molecular flexibility index (Phi) is 6.03. The highest BCUT2D eigenvalue weighted by molar-refractivity contribution is 6.42. The summed E-state index contributed by atoms with van der Waals surface area (Å²) in [5.74, 6) is 5.72. The topological polar surface area (TPSA) is 47.3 Å². The quantitative estimate of drug-likeness (QED) is 0.628. The standard InChI is InChI=1S/C16H18Cl2N2O/c1-21-16(11-6-3-2-4-7-11)14(20-19)10-12-8-5-9-13(17)15(12)18/h2-9,14,16,20H,10,19H2,1H3. The lowest BCUT2D eigenvalue weighted by Gasteiger charge is -2.26. The van der Waals surface area contributed by atoms with Crippen molar-refractivity contribution in [2.24, 2.45) is 5.84 Å². The molecule has 0 heterocycles. The Labute approximate surface area is 135 Å². The number of nitrogens with one attached hydrogen (secondary N) is 1. The highest BCUT2D eigenvalue weighted by atomic mass is 35.5. The van der Waals surface area contributed by atoms with Crippen molar-refractivity contribution in [1.82, 2.24) is 5.43 Å². The second kappa shape index (κ2) is 7.78. The van der Waals surface area contributed by atoms with Gasteiger partial charge in [-0.2, -0.15) is 0 Å². The molecule has 0 saturated carbocycles. The van der Waals surface area contributed by atoms with Crippen LogP contribution in [0.3, 0.4) is 0 Å². The molecule has 2 atom stereocenters. The first kappa shape index (κ1) is 16.3. The summed E-state index contributed by atoms with van der Waals surface area (Å²) < 4.78 is 5.61. The summed E-state index contributed by atoms with van der Waals surface area (Å²) in [4.78, 5) is 0. The van der Waals surface area contributed by atoms with Gasteiger partial charge in [0.2, 0.25) is 0 Å². The van der Waals surface area contributed by atoms with Crippen LogP contribution in [0.15, 0.2) is 48.5 Å². The lowest BCUT2D eigenvalue weighted by molar-refractivity contribution is 0.0679. The monoisotopic (exact) mass is 324 g/mol. The van der Waals surface area contributed by atoms with Crippen LogP contribution < -0.4 is 11.3 Å². The zero-order valence-corrected chi connectivity index (χ0v) is 13.2. The van der Waals surface area contributed by atoms with Crippen LogP contribution in [0.25, 0.3) is 0 Å². The third kappa shape index (κ3) is 3.96. The first-order chi connectivity index (χ1) is 10.2. The second-order valence-electron chi connectivity index (χ2n) is 4.76. The SMILES string of the molecule is COC(c1ccccc1)C(Cc1cccc(Cl)c1Cl)NN. The van der Waals surface area contributed by atoms with Crippen molar-refractivity contribution in [3.8, 4) is 0 Å². The summed E-state index contributed by atoms with van der Waals surface area (Å²) in [5, 5.41) is 1.10. The fourth-order valence-corrected chi connectivity index (χ4v) is 2.77. The molecular weight excluding hydrogens is 307 g/mol. The first-order valence-electron chi connectivity index (χ1n) is 6.64. The minimum Gasteiger partial charge on any atom is -0.375 e. The van der Waals surface area contributed by atoms with Crippen LogP contribution in [0.1, 0.15) is 17.2 Å². The first-order valence-corrected chi connectivity index (χ1v) is 7.39. The van der Waals surface area contributed by atoms with Crippen molar-refractivity contribution < 1.29 is 4.74 Å². The van der Waals surface area contributed by atoms with E-state index in [0.29, 0.717) is 16.5 Å². The Morgan fingerprint density at radius 2 is 1.81 bits per heavy atom. The number of rotatable bonds is 6. The third-order valence-electron chi connectivity index (χ3n) is 3.43. The van der Waals surface area contributed by atoms with E-state index >= 15 is 0 Å². The van der Waals surface area contributed by atoms with E-state index in [-0.39, 0.29) is 12.1 Å². The molecule has 0 amide bonds. The maximum absolute atomic E-state index is 6.25.